The number of aromatic carboxylic acids is 1. The van der Waals surface area contributed by atoms with Crippen molar-refractivity contribution >= 4 is 17.3 Å². The number of aryl methyl sites for hydroxylation is 2. The van der Waals surface area contributed by atoms with Crippen LogP contribution in [-0.4, -0.2) is 11.1 Å². The summed E-state index contributed by atoms with van der Waals surface area (Å²) in [6, 6.07) is 10.2. The minimum absolute atomic E-state index is 0.405. The Kier molecular flexibility index (Phi) is 4.38. The molecule has 3 heteroatoms. The number of rotatable bonds is 5. The van der Waals surface area contributed by atoms with Crippen LogP contribution in [0.5, 0.6) is 0 Å². The number of unbranched alkanes of at least 4 members (excludes halogenated alkanes) is 1. The van der Waals surface area contributed by atoms with E-state index in [-0.39, 0.29) is 0 Å². The van der Waals surface area contributed by atoms with Crippen LogP contribution in [0.4, 0.5) is 0 Å². The summed E-state index contributed by atoms with van der Waals surface area (Å²) in [5, 5.41) is 9.02. The zero-order valence-electron chi connectivity index (χ0n) is 11.3. The second kappa shape index (κ2) is 6.02. The summed E-state index contributed by atoms with van der Waals surface area (Å²) in [5.41, 5.74) is 3.48. The van der Waals surface area contributed by atoms with Crippen LogP contribution in [0.3, 0.4) is 0 Å². The van der Waals surface area contributed by atoms with Gasteiger partial charge in [0.15, 0.2) is 0 Å². The predicted molar refractivity (Wildman–Crippen MR) is 80.1 cm³/mol. The normalized spacial score (nSPS) is 10.6. The topological polar surface area (TPSA) is 37.3 Å². The van der Waals surface area contributed by atoms with Crippen LogP contribution in [0.25, 0.3) is 10.4 Å². The van der Waals surface area contributed by atoms with Gasteiger partial charge in [0, 0.05) is 4.88 Å². The zero-order valence-corrected chi connectivity index (χ0v) is 12.1. The van der Waals surface area contributed by atoms with Gasteiger partial charge in [-0.15, -0.1) is 11.3 Å². The van der Waals surface area contributed by atoms with E-state index in [1.807, 2.05) is 6.92 Å². The number of carboxylic acids is 1. The quantitative estimate of drug-likeness (QED) is 0.853. The van der Waals surface area contributed by atoms with Crippen molar-refractivity contribution in [1.29, 1.82) is 0 Å². The first kappa shape index (κ1) is 13.8. The van der Waals surface area contributed by atoms with Crippen molar-refractivity contribution < 1.29 is 9.90 Å². The Labute approximate surface area is 117 Å². The Balaban J connectivity index is 2.24. The van der Waals surface area contributed by atoms with Crippen LogP contribution in [0.15, 0.2) is 30.3 Å². The molecule has 1 N–H and O–H groups in total. The molecular weight excluding hydrogens is 256 g/mol. The van der Waals surface area contributed by atoms with Crippen LogP contribution < -0.4 is 0 Å². The van der Waals surface area contributed by atoms with Gasteiger partial charge >= 0.3 is 5.97 Å². The fourth-order valence-electron chi connectivity index (χ4n) is 2.08. The molecule has 0 saturated carbocycles. The Bertz CT molecular complexity index is 567. The lowest BCUT2D eigenvalue weighted by atomic mass is 10.0. The molecule has 2 nitrogen and oxygen atoms in total. The Morgan fingerprint density at radius 3 is 2.47 bits per heavy atom. The summed E-state index contributed by atoms with van der Waals surface area (Å²) >= 11 is 1.34. The SMILES string of the molecule is CCCCc1ccc(-c2sc(C(=O)O)cc2C)cc1. The number of hydrogen-bond donors (Lipinski definition) is 1. The molecule has 0 unspecified atom stereocenters. The van der Waals surface area contributed by atoms with E-state index >= 15 is 0 Å². The summed E-state index contributed by atoms with van der Waals surface area (Å²) < 4.78 is 0. The molecule has 0 bridgehead atoms. The van der Waals surface area contributed by atoms with E-state index in [4.69, 9.17) is 5.11 Å². The fraction of sp³-hybridized carbons (Fsp3) is 0.312. The first-order chi connectivity index (χ1) is 9.11. The molecule has 0 aliphatic rings. The lowest BCUT2D eigenvalue weighted by Crippen LogP contribution is -1.89. The fourth-order valence-corrected chi connectivity index (χ4v) is 3.09. The Morgan fingerprint density at radius 1 is 1.26 bits per heavy atom. The highest BCUT2D eigenvalue weighted by molar-refractivity contribution is 7.17. The lowest BCUT2D eigenvalue weighted by Gasteiger charge is -2.03. The Morgan fingerprint density at radius 2 is 1.95 bits per heavy atom. The molecule has 1 aromatic carbocycles. The third-order valence-corrected chi connectivity index (χ3v) is 4.44. The highest BCUT2D eigenvalue weighted by Crippen LogP contribution is 2.32. The maximum atomic E-state index is 11.0. The van der Waals surface area contributed by atoms with Crippen LogP contribution in [0.2, 0.25) is 0 Å². The van der Waals surface area contributed by atoms with Gasteiger partial charge in [-0.1, -0.05) is 37.6 Å². The third-order valence-electron chi connectivity index (χ3n) is 3.16. The van der Waals surface area contributed by atoms with Gasteiger partial charge in [-0.05, 0) is 42.5 Å². The van der Waals surface area contributed by atoms with Crippen molar-refractivity contribution in [3.63, 3.8) is 0 Å². The number of carbonyl (C=O) groups is 1. The van der Waals surface area contributed by atoms with E-state index in [2.05, 4.69) is 31.2 Å². The molecule has 0 atom stereocenters. The third kappa shape index (κ3) is 3.24. The van der Waals surface area contributed by atoms with E-state index in [1.165, 1.54) is 29.7 Å². The van der Waals surface area contributed by atoms with Crippen LogP contribution in [-0.2, 0) is 6.42 Å². The summed E-state index contributed by atoms with van der Waals surface area (Å²) in [7, 11) is 0. The molecule has 0 aliphatic carbocycles. The van der Waals surface area contributed by atoms with Gasteiger partial charge in [0.25, 0.3) is 0 Å². The second-order valence-corrected chi connectivity index (χ2v) is 5.78. The highest BCUT2D eigenvalue weighted by Gasteiger charge is 2.12. The summed E-state index contributed by atoms with van der Waals surface area (Å²) in [6.07, 6.45) is 3.52. The molecule has 0 saturated heterocycles. The molecule has 0 amide bonds. The van der Waals surface area contributed by atoms with Gasteiger partial charge in [0.05, 0.1) is 0 Å². The van der Waals surface area contributed by atoms with Crippen molar-refractivity contribution in [2.24, 2.45) is 0 Å². The van der Waals surface area contributed by atoms with E-state index in [1.54, 1.807) is 6.07 Å². The van der Waals surface area contributed by atoms with Gasteiger partial charge in [0.1, 0.15) is 4.88 Å². The number of thiophene rings is 1. The van der Waals surface area contributed by atoms with Crippen LogP contribution in [0.1, 0.15) is 40.6 Å². The molecule has 1 aromatic heterocycles. The highest BCUT2D eigenvalue weighted by atomic mass is 32.1. The average molecular weight is 274 g/mol. The largest absolute Gasteiger partial charge is 0.477 e. The zero-order chi connectivity index (χ0) is 13.8. The van der Waals surface area contributed by atoms with Gasteiger partial charge in [-0.25, -0.2) is 4.79 Å². The molecule has 2 rings (SSSR count). The van der Waals surface area contributed by atoms with Gasteiger partial charge in [0.2, 0.25) is 0 Å². The average Bonchev–Trinajstić information content (AvgIpc) is 2.79. The molecule has 0 spiro atoms. The summed E-state index contributed by atoms with van der Waals surface area (Å²) in [5.74, 6) is -0.848. The maximum absolute atomic E-state index is 11.0. The maximum Gasteiger partial charge on any atom is 0.345 e. The van der Waals surface area contributed by atoms with Gasteiger partial charge in [-0.3, -0.25) is 0 Å². The van der Waals surface area contributed by atoms with Gasteiger partial charge in [-0.2, -0.15) is 0 Å². The molecule has 100 valence electrons. The molecule has 0 fully saturated rings. The van der Waals surface area contributed by atoms with Crippen molar-refractivity contribution in [2.75, 3.05) is 0 Å². The number of carboxylic acid groups (broad SMARTS) is 1. The van der Waals surface area contributed by atoms with Gasteiger partial charge < -0.3 is 5.11 Å². The smallest absolute Gasteiger partial charge is 0.345 e. The van der Waals surface area contributed by atoms with E-state index in [9.17, 15) is 4.79 Å². The lowest BCUT2D eigenvalue weighted by molar-refractivity contribution is 0.0702. The molecule has 1 heterocycles. The van der Waals surface area contributed by atoms with Crippen molar-refractivity contribution in [3.05, 3.63) is 46.3 Å². The molecule has 19 heavy (non-hydrogen) atoms. The first-order valence-electron chi connectivity index (χ1n) is 6.55. The molecule has 0 aliphatic heterocycles. The monoisotopic (exact) mass is 274 g/mol. The van der Waals surface area contributed by atoms with Crippen LogP contribution >= 0.6 is 11.3 Å². The van der Waals surface area contributed by atoms with E-state index < -0.39 is 5.97 Å². The predicted octanol–water partition coefficient (Wildman–Crippen LogP) is 4.76. The Hall–Kier alpha value is -1.61. The summed E-state index contributed by atoms with van der Waals surface area (Å²) in [4.78, 5) is 12.4. The standard InChI is InChI=1S/C16H18O2S/c1-3-4-5-12-6-8-13(9-7-12)15-11(2)10-14(19-15)16(17)18/h6-10H,3-5H2,1-2H3,(H,17,18). The minimum Gasteiger partial charge on any atom is -0.477 e. The number of benzene rings is 1. The first-order valence-corrected chi connectivity index (χ1v) is 7.36. The minimum atomic E-state index is -0.848. The van der Waals surface area contributed by atoms with Crippen molar-refractivity contribution in [1.82, 2.24) is 0 Å². The van der Waals surface area contributed by atoms with Crippen molar-refractivity contribution in [2.45, 2.75) is 33.1 Å². The second-order valence-electron chi connectivity index (χ2n) is 4.73. The molecular formula is C16H18O2S. The van der Waals surface area contributed by atoms with Crippen LogP contribution in [0, 0.1) is 6.92 Å². The summed E-state index contributed by atoms with van der Waals surface area (Å²) in [6.45, 7) is 4.15. The molecule has 2 aromatic rings. The molecule has 0 radical (unpaired) electrons. The van der Waals surface area contributed by atoms with E-state index in [0.29, 0.717) is 4.88 Å². The van der Waals surface area contributed by atoms with Crippen molar-refractivity contribution in [3.8, 4) is 10.4 Å². The number of hydrogen-bond acceptors (Lipinski definition) is 2. The van der Waals surface area contributed by atoms with E-state index in [0.717, 1.165) is 22.4 Å².